The first-order valence-electron chi connectivity index (χ1n) is 11.0. The second kappa shape index (κ2) is 7.06. The van der Waals surface area contributed by atoms with Gasteiger partial charge in [-0.3, -0.25) is 0 Å². The Hall–Kier alpha value is -3.91. The van der Waals surface area contributed by atoms with Crippen LogP contribution in [0.2, 0.25) is 0 Å². The molecule has 0 atom stereocenters. The summed E-state index contributed by atoms with van der Waals surface area (Å²) in [6.45, 7) is 6.47. The normalized spacial score (nSPS) is 11.6. The summed E-state index contributed by atoms with van der Waals surface area (Å²) in [5, 5.41) is 4.65. The third kappa shape index (κ3) is 2.69. The molecule has 0 saturated heterocycles. The summed E-state index contributed by atoms with van der Waals surface area (Å²) >= 11 is 0. The first-order chi connectivity index (χ1) is 15.6. The molecule has 0 aliphatic carbocycles. The fourth-order valence-electron chi connectivity index (χ4n) is 5.00. The van der Waals surface area contributed by atoms with Crippen molar-refractivity contribution >= 4 is 32.6 Å². The van der Waals surface area contributed by atoms with Crippen LogP contribution in [0.3, 0.4) is 0 Å². The molecule has 0 bridgehead atoms. The van der Waals surface area contributed by atoms with Gasteiger partial charge in [0.05, 0.1) is 0 Å². The number of benzene rings is 5. The van der Waals surface area contributed by atoms with Gasteiger partial charge in [-0.15, -0.1) is 0 Å². The van der Waals surface area contributed by atoms with Crippen LogP contribution in [0.4, 0.5) is 0 Å². The molecule has 5 aromatic carbocycles. The summed E-state index contributed by atoms with van der Waals surface area (Å²) in [7, 11) is 0. The molecule has 1 aromatic heterocycles. The first-order valence-corrected chi connectivity index (χ1v) is 11.0. The van der Waals surface area contributed by atoms with Crippen molar-refractivity contribution in [3.8, 4) is 22.6 Å². The zero-order valence-corrected chi connectivity index (χ0v) is 18.4. The molecule has 0 aliphatic rings. The fraction of sp³-hybridized carbons (Fsp3) is 0.100. The third-order valence-corrected chi connectivity index (χ3v) is 6.51. The summed E-state index contributed by atoms with van der Waals surface area (Å²) < 4.78 is 6.44. The van der Waals surface area contributed by atoms with Gasteiger partial charge in [-0.05, 0) is 65.4 Å². The number of aromatic nitrogens is 1. The van der Waals surface area contributed by atoms with Crippen molar-refractivity contribution in [1.29, 1.82) is 0 Å². The molecule has 0 radical (unpaired) electrons. The number of fused-ring (bicyclic) bond motifs is 6. The summed E-state index contributed by atoms with van der Waals surface area (Å²) in [6.07, 6.45) is 0. The molecule has 0 spiro atoms. The van der Waals surface area contributed by atoms with Gasteiger partial charge in [-0.2, -0.15) is 0 Å². The number of hydrogen-bond donors (Lipinski definition) is 0. The Morgan fingerprint density at radius 2 is 1.16 bits per heavy atom. The molecule has 32 heavy (non-hydrogen) atoms. The minimum absolute atomic E-state index is 0.674. The predicted octanol–water partition coefficient (Wildman–Crippen LogP) is 8.39. The second-order valence-electron chi connectivity index (χ2n) is 8.55. The van der Waals surface area contributed by atoms with E-state index >= 15 is 0 Å². The zero-order valence-electron chi connectivity index (χ0n) is 18.4. The molecule has 2 nitrogen and oxygen atoms in total. The molecule has 6 rings (SSSR count). The van der Waals surface area contributed by atoms with Gasteiger partial charge in [0.25, 0.3) is 0 Å². The van der Waals surface area contributed by atoms with E-state index < -0.39 is 0 Å². The highest BCUT2D eigenvalue weighted by Gasteiger charge is 2.19. The van der Waals surface area contributed by atoms with Crippen molar-refractivity contribution in [1.82, 2.24) is 4.98 Å². The summed E-state index contributed by atoms with van der Waals surface area (Å²) in [5.41, 5.74) is 9.07. The Kier molecular flexibility index (Phi) is 4.16. The maximum Gasteiger partial charge on any atom is 0.227 e. The number of nitrogens with zero attached hydrogens (tertiary/aromatic N) is 1. The highest BCUT2D eigenvalue weighted by molar-refractivity contribution is 6.26. The quantitative estimate of drug-likeness (QED) is 0.266. The molecule has 0 unspecified atom stereocenters. The van der Waals surface area contributed by atoms with Crippen molar-refractivity contribution in [2.45, 2.75) is 20.8 Å². The summed E-state index contributed by atoms with van der Waals surface area (Å²) in [4.78, 5) is 5.04. The predicted molar refractivity (Wildman–Crippen MR) is 134 cm³/mol. The van der Waals surface area contributed by atoms with Crippen LogP contribution in [0.25, 0.3) is 55.2 Å². The van der Waals surface area contributed by atoms with Crippen molar-refractivity contribution in [2.24, 2.45) is 0 Å². The largest absolute Gasteiger partial charge is 0.435 e. The smallest absolute Gasteiger partial charge is 0.227 e. The number of aryl methyl sites for hydroxylation is 3. The van der Waals surface area contributed by atoms with E-state index in [2.05, 4.69) is 93.6 Å². The Balaban J connectivity index is 1.80. The molecule has 2 heteroatoms. The Morgan fingerprint density at radius 3 is 1.94 bits per heavy atom. The maximum absolute atomic E-state index is 6.44. The average molecular weight is 414 g/mol. The maximum atomic E-state index is 6.44. The Labute approximate surface area is 187 Å². The van der Waals surface area contributed by atoms with Gasteiger partial charge in [0, 0.05) is 16.3 Å². The second-order valence-corrected chi connectivity index (χ2v) is 8.55. The summed E-state index contributed by atoms with van der Waals surface area (Å²) in [6, 6.07) is 29.8. The van der Waals surface area contributed by atoms with Crippen LogP contribution in [0.15, 0.2) is 89.3 Å². The molecule has 154 valence electrons. The SMILES string of the molecule is Cc1ccccc1-c1nc2c3cccc(-c4c(C)cccc4C)c3c3ccccc3c2o1. The van der Waals surface area contributed by atoms with Crippen LogP contribution >= 0.6 is 0 Å². The molecule has 0 amide bonds. The first kappa shape index (κ1) is 18.8. The summed E-state index contributed by atoms with van der Waals surface area (Å²) in [5.74, 6) is 0.674. The third-order valence-electron chi connectivity index (χ3n) is 6.51. The number of rotatable bonds is 2. The van der Waals surface area contributed by atoms with Crippen molar-refractivity contribution in [3.63, 3.8) is 0 Å². The van der Waals surface area contributed by atoms with E-state index in [0.29, 0.717) is 5.89 Å². The van der Waals surface area contributed by atoms with Crippen molar-refractivity contribution in [2.75, 3.05) is 0 Å². The number of hydrogen-bond acceptors (Lipinski definition) is 2. The zero-order chi connectivity index (χ0) is 21.8. The minimum Gasteiger partial charge on any atom is -0.435 e. The van der Waals surface area contributed by atoms with Gasteiger partial charge in [-0.25, -0.2) is 4.98 Å². The van der Waals surface area contributed by atoms with Crippen molar-refractivity contribution < 1.29 is 4.42 Å². The van der Waals surface area contributed by atoms with E-state index in [9.17, 15) is 0 Å². The highest BCUT2D eigenvalue weighted by atomic mass is 16.3. The topological polar surface area (TPSA) is 26.0 Å². The molecule has 0 N–H and O–H groups in total. The van der Waals surface area contributed by atoms with Gasteiger partial charge in [-0.1, -0.05) is 78.9 Å². The van der Waals surface area contributed by atoms with Crippen LogP contribution in [0, 0.1) is 20.8 Å². The lowest BCUT2D eigenvalue weighted by molar-refractivity contribution is 0.622. The molecule has 0 saturated carbocycles. The van der Waals surface area contributed by atoms with Crippen molar-refractivity contribution in [3.05, 3.63) is 102 Å². The van der Waals surface area contributed by atoms with Gasteiger partial charge in [0.2, 0.25) is 5.89 Å². The lowest BCUT2D eigenvalue weighted by atomic mass is 9.89. The lowest BCUT2D eigenvalue weighted by Gasteiger charge is -2.15. The van der Waals surface area contributed by atoms with Crippen LogP contribution in [-0.2, 0) is 0 Å². The molecule has 0 aliphatic heterocycles. The van der Waals surface area contributed by atoms with E-state index in [1.807, 2.05) is 12.1 Å². The molecule has 0 fully saturated rings. The van der Waals surface area contributed by atoms with Crippen LogP contribution < -0.4 is 0 Å². The molecular weight excluding hydrogens is 390 g/mol. The van der Waals surface area contributed by atoms with E-state index in [-0.39, 0.29) is 0 Å². The van der Waals surface area contributed by atoms with E-state index in [4.69, 9.17) is 9.40 Å². The van der Waals surface area contributed by atoms with E-state index in [0.717, 1.165) is 33.0 Å². The van der Waals surface area contributed by atoms with Gasteiger partial charge >= 0.3 is 0 Å². The van der Waals surface area contributed by atoms with E-state index in [1.165, 1.54) is 33.0 Å². The van der Waals surface area contributed by atoms with Crippen LogP contribution in [0.5, 0.6) is 0 Å². The molecule has 6 aromatic rings. The molecular formula is C30H23NO. The number of oxazole rings is 1. The minimum atomic E-state index is 0.674. The lowest BCUT2D eigenvalue weighted by Crippen LogP contribution is -1.91. The van der Waals surface area contributed by atoms with Gasteiger partial charge in [0.1, 0.15) is 5.52 Å². The average Bonchev–Trinajstić information content (AvgIpc) is 3.25. The van der Waals surface area contributed by atoms with Gasteiger partial charge in [0.15, 0.2) is 5.58 Å². The molecule has 1 heterocycles. The fourth-order valence-corrected chi connectivity index (χ4v) is 5.00. The highest BCUT2D eigenvalue weighted by Crippen LogP contribution is 2.42. The van der Waals surface area contributed by atoms with Crippen LogP contribution in [-0.4, -0.2) is 4.98 Å². The van der Waals surface area contributed by atoms with E-state index in [1.54, 1.807) is 0 Å². The monoisotopic (exact) mass is 413 g/mol. The van der Waals surface area contributed by atoms with Gasteiger partial charge < -0.3 is 4.42 Å². The Bertz CT molecular complexity index is 1630. The Morgan fingerprint density at radius 1 is 0.562 bits per heavy atom. The van der Waals surface area contributed by atoms with Crippen LogP contribution in [0.1, 0.15) is 16.7 Å². The standard InChI is InChI=1S/C30H23NO/c1-18-10-4-5-13-21(18)30-31-28-25-17-9-16-24(26-19(2)11-8-12-20(26)3)27(25)22-14-6-7-15-23(22)29(28)32-30/h4-17H,1-3H3.